The molecular formula is C26H38N2O3. The van der Waals surface area contributed by atoms with Gasteiger partial charge in [0.05, 0.1) is 11.1 Å². The van der Waals surface area contributed by atoms with Gasteiger partial charge in [0.25, 0.3) is 11.8 Å². The first kappa shape index (κ1) is 23.5. The Bertz CT molecular complexity index is 823. The Hall–Kier alpha value is -2.17. The molecular weight excluding hydrogens is 388 g/mol. The Morgan fingerprint density at radius 3 is 2.13 bits per heavy atom. The molecule has 2 unspecified atom stereocenters. The number of hydrogen-bond donors (Lipinski definition) is 0. The van der Waals surface area contributed by atoms with Crippen LogP contribution in [0.4, 0.5) is 0 Å². The van der Waals surface area contributed by atoms with Crippen LogP contribution in [0.2, 0.25) is 0 Å². The SMILES string of the molecule is CCCC1C(CC)CCCN1C(=O)C(C)(C)CC(C)(C)N1C(=O)c2ccccc2C1=O. The molecule has 0 aliphatic carbocycles. The van der Waals surface area contributed by atoms with Crippen molar-refractivity contribution in [2.45, 2.75) is 91.6 Å². The van der Waals surface area contributed by atoms with Crippen LogP contribution >= 0.6 is 0 Å². The number of likely N-dealkylation sites (tertiary alicyclic amines) is 1. The summed E-state index contributed by atoms with van der Waals surface area (Å²) in [5, 5.41) is 0. The third-order valence-corrected chi connectivity index (χ3v) is 7.14. The van der Waals surface area contributed by atoms with Gasteiger partial charge in [-0.15, -0.1) is 0 Å². The summed E-state index contributed by atoms with van der Waals surface area (Å²) in [5.41, 5.74) is -0.545. The van der Waals surface area contributed by atoms with Crippen molar-refractivity contribution in [3.63, 3.8) is 0 Å². The highest BCUT2D eigenvalue weighted by Gasteiger charge is 2.48. The summed E-state index contributed by atoms with van der Waals surface area (Å²) < 4.78 is 0. The Morgan fingerprint density at radius 1 is 1.03 bits per heavy atom. The number of benzene rings is 1. The Kier molecular flexibility index (Phi) is 6.64. The summed E-state index contributed by atoms with van der Waals surface area (Å²) in [6.45, 7) is 12.9. The first-order valence-corrected chi connectivity index (χ1v) is 11.8. The lowest BCUT2D eigenvalue weighted by Gasteiger charge is -2.46. The van der Waals surface area contributed by atoms with Gasteiger partial charge in [-0.3, -0.25) is 19.3 Å². The van der Waals surface area contributed by atoms with Gasteiger partial charge >= 0.3 is 0 Å². The van der Waals surface area contributed by atoms with Gasteiger partial charge in [0.15, 0.2) is 0 Å². The number of rotatable bonds is 7. The van der Waals surface area contributed by atoms with Crippen molar-refractivity contribution in [1.82, 2.24) is 9.80 Å². The molecule has 0 radical (unpaired) electrons. The molecule has 5 heteroatoms. The molecule has 2 heterocycles. The number of hydrogen-bond acceptors (Lipinski definition) is 3. The molecule has 1 aromatic rings. The number of carbonyl (C=O) groups is 3. The van der Waals surface area contributed by atoms with Gasteiger partial charge in [-0.25, -0.2) is 0 Å². The predicted molar refractivity (Wildman–Crippen MR) is 123 cm³/mol. The van der Waals surface area contributed by atoms with E-state index in [9.17, 15) is 14.4 Å². The van der Waals surface area contributed by atoms with Crippen molar-refractivity contribution >= 4 is 17.7 Å². The van der Waals surface area contributed by atoms with E-state index in [1.807, 2.05) is 27.7 Å². The second-order valence-corrected chi connectivity index (χ2v) is 10.5. The van der Waals surface area contributed by atoms with E-state index in [4.69, 9.17) is 0 Å². The van der Waals surface area contributed by atoms with E-state index in [0.717, 1.165) is 32.2 Å². The molecule has 3 amide bonds. The van der Waals surface area contributed by atoms with E-state index in [0.29, 0.717) is 23.5 Å². The normalized spacial score (nSPS) is 22.1. The molecule has 0 saturated carbocycles. The van der Waals surface area contributed by atoms with Crippen molar-refractivity contribution in [3.05, 3.63) is 35.4 Å². The van der Waals surface area contributed by atoms with Gasteiger partial charge in [-0.2, -0.15) is 0 Å². The van der Waals surface area contributed by atoms with E-state index in [1.165, 1.54) is 11.3 Å². The van der Waals surface area contributed by atoms with Gasteiger partial charge in [0, 0.05) is 23.5 Å². The van der Waals surface area contributed by atoms with Gasteiger partial charge in [0.2, 0.25) is 5.91 Å². The molecule has 2 aliphatic heterocycles. The highest BCUT2D eigenvalue weighted by Crippen LogP contribution is 2.40. The maximum Gasteiger partial charge on any atom is 0.262 e. The third kappa shape index (κ3) is 4.28. The molecule has 0 aromatic heterocycles. The van der Waals surface area contributed by atoms with Crippen LogP contribution in [-0.4, -0.2) is 45.6 Å². The number of amides is 3. The minimum absolute atomic E-state index is 0.147. The molecule has 0 spiro atoms. The van der Waals surface area contributed by atoms with Crippen LogP contribution in [0.15, 0.2) is 24.3 Å². The third-order valence-electron chi connectivity index (χ3n) is 7.14. The molecule has 31 heavy (non-hydrogen) atoms. The van der Waals surface area contributed by atoms with Crippen molar-refractivity contribution in [2.75, 3.05) is 6.54 Å². The summed E-state index contributed by atoms with van der Waals surface area (Å²) in [7, 11) is 0. The van der Waals surface area contributed by atoms with Crippen molar-refractivity contribution in [2.24, 2.45) is 11.3 Å². The number of nitrogens with zero attached hydrogens (tertiary/aromatic N) is 2. The number of fused-ring (bicyclic) bond motifs is 1. The van der Waals surface area contributed by atoms with Crippen LogP contribution < -0.4 is 0 Å². The Morgan fingerprint density at radius 2 is 1.61 bits per heavy atom. The maximum absolute atomic E-state index is 13.8. The van der Waals surface area contributed by atoms with Crippen LogP contribution in [0.1, 0.15) is 101 Å². The summed E-state index contributed by atoms with van der Waals surface area (Å²) in [6.07, 6.45) is 5.84. The van der Waals surface area contributed by atoms with Gasteiger partial charge in [-0.1, -0.05) is 52.7 Å². The van der Waals surface area contributed by atoms with Crippen LogP contribution in [0.3, 0.4) is 0 Å². The minimum atomic E-state index is -0.771. The molecule has 0 N–H and O–H groups in total. The lowest BCUT2D eigenvalue weighted by atomic mass is 9.76. The fourth-order valence-electron chi connectivity index (χ4n) is 5.92. The van der Waals surface area contributed by atoms with Crippen molar-refractivity contribution < 1.29 is 14.4 Å². The van der Waals surface area contributed by atoms with Gasteiger partial charge in [0.1, 0.15) is 0 Å². The first-order valence-electron chi connectivity index (χ1n) is 11.8. The molecule has 170 valence electrons. The summed E-state index contributed by atoms with van der Waals surface area (Å²) in [4.78, 5) is 43.3. The number of imide groups is 1. The zero-order valence-corrected chi connectivity index (χ0v) is 20.0. The van der Waals surface area contributed by atoms with Crippen LogP contribution in [0.25, 0.3) is 0 Å². The summed E-state index contributed by atoms with van der Waals surface area (Å²) >= 11 is 0. The van der Waals surface area contributed by atoms with E-state index in [2.05, 4.69) is 18.7 Å². The fraction of sp³-hybridized carbons (Fsp3) is 0.654. The fourth-order valence-corrected chi connectivity index (χ4v) is 5.92. The molecule has 3 rings (SSSR count). The van der Waals surface area contributed by atoms with Crippen LogP contribution in [0, 0.1) is 11.3 Å². The molecule has 5 nitrogen and oxygen atoms in total. The second kappa shape index (κ2) is 8.76. The lowest BCUT2D eigenvalue weighted by Crippen LogP contribution is -2.56. The lowest BCUT2D eigenvalue weighted by molar-refractivity contribution is -0.148. The van der Waals surface area contributed by atoms with Crippen molar-refractivity contribution in [3.8, 4) is 0 Å². The van der Waals surface area contributed by atoms with Gasteiger partial charge < -0.3 is 4.90 Å². The number of piperidine rings is 1. The summed E-state index contributed by atoms with van der Waals surface area (Å²) in [6, 6.07) is 7.26. The van der Waals surface area contributed by atoms with Crippen LogP contribution in [0.5, 0.6) is 0 Å². The van der Waals surface area contributed by atoms with Crippen molar-refractivity contribution in [1.29, 1.82) is 0 Å². The molecule has 1 saturated heterocycles. The molecule has 2 aliphatic rings. The Balaban J connectivity index is 1.82. The smallest absolute Gasteiger partial charge is 0.262 e. The first-order chi connectivity index (χ1) is 14.5. The highest BCUT2D eigenvalue weighted by atomic mass is 16.2. The largest absolute Gasteiger partial charge is 0.339 e. The molecule has 1 fully saturated rings. The quantitative estimate of drug-likeness (QED) is 0.556. The zero-order chi connectivity index (χ0) is 23.0. The Labute approximate surface area is 187 Å². The summed E-state index contributed by atoms with van der Waals surface area (Å²) in [5.74, 6) is 0.176. The predicted octanol–water partition coefficient (Wildman–Crippen LogP) is 5.29. The van der Waals surface area contributed by atoms with Gasteiger partial charge in [-0.05, 0) is 57.6 Å². The second-order valence-electron chi connectivity index (χ2n) is 10.5. The van der Waals surface area contributed by atoms with E-state index in [1.54, 1.807) is 24.3 Å². The maximum atomic E-state index is 13.8. The zero-order valence-electron chi connectivity index (χ0n) is 20.0. The average Bonchev–Trinajstić information content (AvgIpc) is 2.98. The number of carbonyl (C=O) groups excluding carboxylic acids is 3. The molecule has 0 bridgehead atoms. The van der Waals surface area contributed by atoms with E-state index < -0.39 is 11.0 Å². The van der Waals surface area contributed by atoms with Crippen LogP contribution in [-0.2, 0) is 4.79 Å². The average molecular weight is 427 g/mol. The highest BCUT2D eigenvalue weighted by molar-refractivity contribution is 6.21. The van der Waals surface area contributed by atoms with E-state index >= 15 is 0 Å². The topological polar surface area (TPSA) is 57.7 Å². The monoisotopic (exact) mass is 426 g/mol. The minimum Gasteiger partial charge on any atom is -0.339 e. The molecule has 1 aromatic carbocycles. The van der Waals surface area contributed by atoms with E-state index in [-0.39, 0.29) is 23.8 Å². The molecule has 2 atom stereocenters. The standard InChI is InChI=1S/C26H38N2O3/c1-7-12-21-18(8-2)13-11-16-27(21)24(31)25(3,4)17-26(5,6)28-22(29)19-14-9-10-15-20(19)23(28)30/h9-10,14-15,18,21H,7-8,11-13,16-17H2,1-6H3.